The van der Waals surface area contributed by atoms with E-state index in [9.17, 15) is 9.59 Å². The van der Waals surface area contributed by atoms with Gasteiger partial charge in [-0.3, -0.25) is 9.59 Å². The van der Waals surface area contributed by atoms with Crippen LogP contribution in [0.1, 0.15) is 37.6 Å². The zero-order chi connectivity index (χ0) is 23.0. The molecule has 1 amide bonds. The maximum absolute atomic E-state index is 12.0. The Bertz CT molecular complexity index is 649. The molecule has 0 aliphatic carbocycles. The second-order valence-electron chi connectivity index (χ2n) is 7.55. The molecule has 176 valence electrons. The topological polar surface area (TPSA) is 92.3 Å². The Balaban J connectivity index is 1.83. The molecule has 1 aromatic rings. The number of hydrogen-bond donors (Lipinski definition) is 1. The lowest BCUT2D eigenvalue weighted by molar-refractivity contribution is -0.156. The Morgan fingerprint density at radius 1 is 0.871 bits per heavy atom. The molecule has 1 N–H and O–H groups in total. The van der Waals surface area contributed by atoms with Crippen LogP contribution in [0.5, 0.6) is 0 Å². The lowest BCUT2D eigenvalue weighted by Crippen LogP contribution is -2.27. The van der Waals surface area contributed by atoms with Crippen molar-refractivity contribution in [2.45, 2.75) is 32.8 Å². The van der Waals surface area contributed by atoms with E-state index in [0.717, 1.165) is 3.57 Å². The van der Waals surface area contributed by atoms with E-state index in [-0.39, 0.29) is 18.3 Å². The molecule has 0 atom stereocenters. The van der Waals surface area contributed by atoms with Crippen LogP contribution in [0.3, 0.4) is 0 Å². The molecule has 8 nitrogen and oxygen atoms in total. The molecule has 0 heterocycles. The van der Waals surface area contributed by atoms with E-state index >= 15 is 0 Å². The van der Waals surface area contributed by atoms with Crippen LogP contribution < -0.4 is 5.32 Å². The minimum Gasteiger partial charge on any atom is -0.460 e. The molecule has 9 heteroatoms. The maximum Gasteiger partial charge on any atom is 0.308 e. The highest BCUT2D eigenvalue weighted by Gasteiger charge is 2.15. The van der Waals surface area contributed by atoms with Crippen LogP contribution in [0.15, 0.2) is 24.3 Å². The van der Waals surface area contributed by atoms with Crippen molar-refractivity contribution in [3.8, 4) is 0 Å². The molecule has 1 aromatic carbocycles. The van der Waals surface area contributed by atoms with Crippen LogP contribution in [0.25, 0.3) is 0 Å². The Morgan fingerprint density at radius 2 is 1.42 bits per heavy atom. The van der Waals surface area contributed by atoms with Gasteiger partial charge in [-0.25, -0.2) is 0 Å². The Hall–Kier alpha value is -1.27. The van der Waals surface area contributed by atoms with Gasteiger partial charge >= 0.3 is 5.97 Å². The zero-order valence-electron chi connectivity index (χ0n) is 18.6. The Morgan fingerprint density at radius 3 is 1.97 bits per heavy atom. The van der Waals surface area contributed by atoms with Gasteiger partial charge in [-0.15, -0.1) is 0 Å². The molecule has 0 radical (unpaired) electrons. The third kappa shape index (κ3) is 16.1. The van der Waals surface area contributed by atoms with Gasteiger partial charge in [0.1, 0.15) is 5.60 Å². The van der Waals surface area contributed by atoms with Crippen LogP contribution in [0, 0.1) is 3.57 Å². The van der Waals surface area contributed by atoms with E-state index in [1.54, 1.807) is 6.07 Å². The normalized spacial score (nSPS) is 11.4. The van der Waals surface area contributed by atoms with E-state index in [4.69, 9.17) is 23.7 Å². The summed E-state index contributed by atoms with van der Waals surface area (Å²) in [6.07, 6.45) is 0.232. The summed E-state index contributed by atoms with van der Waals surface area (Å²) < 4.78 is 27.8. The number of nitrogens with one attached hydrogen (secondary N) is 1. The van der Waals surface area contributed by atoms with E-state index < -0.39 is 5.60 Å². The second kappa shape index (κ2) is 16.4. The van der Waals surface area contributed by atoms with Crippen molar-refractivity contribution in [1.29, 1.82) is 0 Å². The minimum absolute atomic E-state index is 0.107. The van der Waals surface area contributed by atoms with Gasteiger partial charge in [-0.1, -0.05) is 6.07 Å². The highest BCUT2D eigenvalue weighted by molar-refractivity contribution is 14.1. The summed E-state index contributed by atoms with van der Waals surface area (Å²) in [7, 11) is 0. The van der Waals surface area contributed by atoms with Crippen molar-refractivity contribution in [2.24, 2.45) is 0 Å². The lowest BCUT2D eigenvalue weighted by Gasteiger charge is -2.19. The lowest BCUT2D eigenvalue weighted by atomic mass is 10.2. The first-order valence-corrected chi connectivity index (χ1v) is 11.4. The highest BCUT2D eigenvalue weighted by atomic mass is 127. The van der Waals surface area contributed by atoms with Gasteiger partial charge in [0.25, 0.3) is 5.91 Å². The molecule has 0 fully saturated rings. The highest BCUT2D eigenvalue weighted by Crippen LogP contribution is 2.08. The molecule has 0 saturated carbocycles. The van der Waals surface area contributed by atoms with E-state index in [1.165, 1.54) is 0 Å². The minimum atomic E-state index is -0.470. The number of hydrogen-bond acceptors (Lipinski definition) is 7. The van der Waals surface area contributed by atoms with Crippen molar-refractivity contribution in [1.82, 2.24) is 5.32 Å². The number of carbonyl (C=O) groups excluding carboxylic acids is 2. The van der Waals surface area contributed by atoms with Gasteiger partial charge in [-0.05, 0) is 61.6 Å². The van der Waals surface area contributed by atoms with Crippen LogP contribution >= 0.6 is 22.6 Å². The third-order valence-electron chi connectivity index (χ3n) is 3.61. The van der Waals surface area contributed by atoms with Gasteiger partial charge in [0.05, 0.1) is 59.3 Å². The number of esters is 1. The number of amides is 1. The fraction of sp³-hybridized carbons (Fsp3) is 0.636. The first-order valence-electron chi connectivity index (χ1n) is 10.3. The summed E-state index contributed by atoms with van der Waals surface area (Å²) in [5.41, 5.74) is 0.173. The molecule has 0 saturated heterocycles. The quantitative estimate of drug-likeness (QED) is 0.192. The average molecular weight is 551 g/mol. The number of ether oxygens (including phenoxy) is 5. The zero-order valence-corrected chi connectivity index (χ0v) is 20.8. The van der Waals surface area contributed by atoms with E-state index in [2.05, 4.69) is 27.9 Å². The summed E-state index contributed by atoms with van der Waals surface area (Å²) in [4.78, 5) is 23.5. The van der Waals surface area contributed by atoms with E-state index in [1.807, 2.05) is 39.0 Å². The molecule has 0 unspecified atom stereocenters. The van der Waals surface area contributed by atoms with Gasteiger partial charge in [0.2, 0.25) is 0 Å². The molecule has 0 spiro atoms. The average Bonchev–Trinajstić information content (AvgIpc) is 2.69. The first kappa shape index (κ1) is 27.8. The van der Waals surface area contributed by atoms with Crippen LogP contribution in [0.4, 0.5) is 0 Å². The summed E-state index contributed by atoms with van der Waals surface area (Å²) in [6.45, 7) is 9.38. The largest absolute Gasteiger partial charge is 0.460 e. The SMILES string of the molecule is CC(C)(C)OC(=O)CCOCCOCCOCCOCCNC(=O)c1cccc(I)c1. The molecule has 0 bridgehead atoms. The first-order chi connectivity index (χ1) is 14.8. The van der Waals surface area contributed by atoms with Crippen molar-refractivity contribution in [2.75, 3.05) is 59.4 Å². The van der Waals surface area contributed by atoms with Gasteiger partial charge in [-0.2, -0.15) is 0 Å². The molecule has 1 rings (SSSR count). The number of carbonyl (C=O) groups is 2. The fourth-order valence-electron chi connectivity index (χ4n) is 2.28. The summed E-state index contributed by atoms with van der Waals surface area (Å²) in [5.74, 6) is -0.373. The molecule has 0 aliphatic rings. The van der Waals surface area contributed by atoms with Gasteiger partial charge < -0.3 is 29.0 Å². The molecule has 0 aromatic heterocycles. The predicted octanol–water partition coefficient (Wildman–Crippen LogP) is 2.82. The van der Waals surface area contributed by atoms with Gasteiger partial charge in [0, 0.05) is 15.7 Å². The summed E-state index contributed by atoms with van der Waals surface area (Å²) in [5, 5.41) is 2.82. The molecular formula is C22H34INO7. The Labute approximate surface area is 198 Å². The van der Waals surface area contributed by atoms with Crippen molar-refractivity contribution in [3.63, 3.8) is 0 Å². The summed E-state index contributed by atoms with van der Waals surface area (Å²) >= 11 is 2.17. The van der Waals surface area contributed by atoms with Crippen LogP contribution in [-0.2, 0) is 28.5 Å². The monoisotopic (exact) mass is 551 g/mol. The van der Waals surface area contributed by atoms with Crippen molar-refractivity contribution >= 4 is 34.5 Å². The maximum atomic E-state index is 12.0. The smallest absolute Gasteiger partial charge is 0.308 e. The van der Waals surface area contributed by atoms with Crippen molar-refractivity contribution in [3.05, 3.63) is 33.4 Å². The standard InChI is InChI=1S/C22H34INO7/c1-22(2,3)31-20(25)7-9-27-11-13-29-15-16-30-14-12-28-10-8-24-21(26)18-5-4-6-19(23)17-18/h4-6,17H,7-16H2,1-3H3,(H,24,26). The van der Waals surface area contributed by atoms with Crippen LogP contribution in [-0.4, -0.2) is 76.9 Å². The van der Waals surface area contributed by atoms with Crippen LogP contribution in [0.2, 0.25) is 0 Å². The van der Waals surface area contributed by atoms with Gasteiger partial charge in [0.15, 0.2) is 0 Å². The predicted molar refractivity (Wildman–Crippen MR) is 125 cm³/mol. The van der Waals surface area contributed by atoms with Crippen molar-refractivity contribution < 1.29 is 33.3 Å². The molecular weight excluding hydrogens is 517 g/mol. The molecule has 0 aliphatic heterocycles. The second-order valence-corrected chi connectivity index (χ2v) is 8.80. The summed E-state index contributed by atoms with van der Waals surface area (Å²) in [6, 6.07) is 7.41. The van der Waals surface area contributed by atoms with E-state index in [0.29, 0.717) is 65.0 Å². The number of halogens is 1. The Kier molecular flexibility index (Phi) is 14.7. The fourth-order valence-corrected chi connectivity index (χ4v) is 2.82. The third-order valence-corrected chi connectivity index (χ3v) is 4.28. The number of rotatable bonds is 16. The number of benzene rings is 1. The molecule has 31 heavy (non-hydrogen) atoms.